The number of hydrogen-bond acceptors (Lipinski definition) is 4. The molecule has 0 aliphatic rings. The number of methoxy groups -OCH3 is 1. The molecule has 23 heavy (non-hydrogen) atoms. The smallest absolute Gasteiger partial charge is 0.202 e. The minimum atomic E-state index is -0.180. The molecule has 1 heterocycles. The summed E-state index contributed by atoms with van der Waals surface area (Å²) in [7, 11) is 1.59. The fourth-order valence-electron chi connectivity index (χ4n) is 2.22. The first-order chi connectivity index (χ1) is 11.2. The van der Waals surface area contributed by atoms with Crippen molar-refractivity contribution >= 4 is 35.0 Å². The molecule has 4 heteroatoms. The zero-order valence-corrected chi connectivity index (χ0v) is 13.3. The van der Waals surface area contributed by atoms with Crippen LogP contribution in [0.3, 0.4) is 0 Å². The largest absolute Gasteiger partial charge is 0.497 e. The lowest BCUT2D eigenvalue weighted by atomic mass is 10.1. The van der Waals surface area contributed by atoms with Crippen LogP contribution in [-0.2, 0) is 0 Å². The van der Waals surface area contributed by atoms with E-state index in [-0.39, 0.29) is 10.5 Å². The van der Waals surface area contributed by atoms with Crippen LogP contribution in [-0.4, -0.2) is 12.9 Å². The van der Waals surface area contributed by atoms with Gasteiger partial charge in [-0.15, -0.1) is 0 Å². The van der Waals surface area contributed by atoms with E-state index in [2.05, 4.69) is 0 Å². The fourth-order valence-corrected chi connectivity index (χ4v) is 2.47. The molecule has 0 radical (unpaired) electrons. The number of hydrogen-bond donors (Lipinski definition) is 0. The number of ketones is 1. The Morgan fingerprint density at radius 1 is 1.13 bits per heavy atom. The van der Waals surface area contributed by atoms with Gasteiger partial charge in [-0.2, -0.15) is 0 Å². The molecule has 0 saturated heterocycles. The van der Waals surface area contributed by atoms with Gasteiger partial charge >= 0.3 is 0 Å². The summed E-state index contributed by atoms with van der Waals surface area (Å²) in [6.07, 6.45) is 3.26. The molecule has 0 fully saturated rings. The number of fused-ring (bicyclic) bond motifs is 1. The average Bonchev–Trinajstić information content (AvgIpc) is 2.59. The Labute approximate surface area is 138 Å². The van der Waals surface area contributed by atoms with E-state index in [9.17, 15) is 4.79 Å². The molecule has 1 aromatic heterocycles. The lowest BCUT2D eigenvalue weighted by molar-refractivity contribution is 0.104. The van der Waals surface area contributed by atoms with Crippen LogP contribution in [0.25, 0.3) is 17.0 Å². The van der Waals surface area contributed by atoms with Crippen molar-refractivity contribution in [3.05, 3.63) is 76.5 Å². The molecule has 0 aliphatic carbocycles. The van der Waals surface area contributed by atoms with Gasteiger partial charge in [-0.1, -0.05) is 36.4 Å². The normalized spacial score (nSPS) is 11.0. The van der Waals surface area contributed by atoms with E-state index in [0.29, 0.717) is 16.9 Å². The van der Waals surface area contributed by atoms with E-state index in [4.69, 9.17) is 21.4 Å². The number of ether oxygens (including phenoxy) is 1. The Morgan fingerprint density at radius 3 is 2.65 bits per heavy atom. The maximum Gasteiger partial charge on any atom is 0.202 e. The third-order valence-electron chi connectivity index (χ3n) is 3.44. The van der Waals surface area contributed by atoms with E-state index in [1.807, 2.05) is 42.5 Å². The molecular formula is C19H14O3S. The van der Waals surface area contributed by atoms with Gasteiger partial charge in [-0.3, -0.25) is 4.79 Å². The lowest BCUT2D eigenvalue weighted by Gasteiger charge is -2.03. The molecule has 3 nitrogen and oxygen atoms in total. The number of carbonyl (C=O) groups is 1. The van der Waals surface area contributed by atoms with Crippen LogP contribution in [0.1, 0.15) is 15.9 Å². The van der Waals surface area contributed by atoms with E-state index in [1.54, 1.807) is 25.3 Å². The molecule has 3 rings (SSSR count). The second-order valence-electron chi connectivity index (χ2n) is 4.96. The number of allylic oxidation sites excluding steroid dienone is 1. The molecule has 0 saturated carbocycles. The van der Waals surface area contributed by atoms with Crippen molar-refractivity contribution in [1.82, 2.24) is 0 Å². The summed E-state index contributed by atoms with van der Waals surface area (Å²) in [5, 5.41) is 0.802. The third kappa shape index (κ3) is 3.38. The molecule has 0 unspecified atom stereocenters. The first kappa shape index (κ1) is 15.2. The van der Waals surface area contributed by atoms with Gasteiger partial charge in [0, 0.05) is 11.5 Å². The fraction of sp³-hybridized carbons (Fsp3) is 0.0526. The van der Waals surface area contributed by atoms with Crippen molar-refractivity contribution in [3.63, 3.8) is 0 Å². The second-order valence-corrected chi connectivity index (χ2v) is 5.33. The lowest BCUT2D eigenvalue weighted by Crippen LogP contribution is -1.96. The molecule has 3 aromatic rings. The first-order valence-electron chi connectivity index (χ1n) is 7.07. The van der Waals surface area contributed by atoms with Gasteiger partial charge < -0.3 is 9.15 Å². The zero-order valence-electron chi connectivity index (χ0n) is 12.5. The maximum atomic E-state index is 12.4. The molecule has 0 spiro atoms. The molecule has 2 aromatic carbocycles. The Hall–Kier alpha value is -2.72. The maximum absolute atomic E-state index is 12.4. The summed E-state index contributed by atoms with van der Waals surface area (Å²) in [4.78, 5) is 12.4. The van der Waals surface area contributed by atoms with Crippen molar-refractivity contribution < 1.29 is 13.9 Å². The Kier molecular flexibility index (Phi) is 4.35. The first-order valence-corrected chi connectivity index (χ1v) is 7.47. The van der Waals surface area contributed by atoms with Crippen molar-refractivity contribution in [2.75, 3.05) is 7.11 Å². The highest BCUT2D eigenvalue weighted by Gasteiger charge is 2.09. The molecule has 114 valence electrons. The number of benzene rings is 2. The van der Waals surface area contributed by atoms with E-state index >= 15 is 0 Å². The van der Waals surface area contributed by atoms with Crippen LogP contribution in [0.5, 0.6) is 5.75 Å². The summed E-state index contributed by atoms with van der Waals surface area (Å²) < 4.78 is 10.9. The molecule has 0 bridgehead atoms. The van der Waals surface area contributed by atoms with Gasteiger partial charge in [0.1, 0.15) is 11.3 Å². The molecular weight excluding hydrogens is 308 g/mol. The van der Waals surface area contributed by atoms with Crippen molar-refractivity contribution in [2.45, 2.75) is 0 Å². The summed E-state index contributed by atoms with van der Waals surface area (Å²) in [5.41, 5.74) is 1.93. The van der Waals surface area contributed by atoms with E-state index < -0.39 is 0 Å². The third-order valence-corrected chi connectivity index (χ3v) is 3.74. The number of carbonyl (C=O) groups excluding carboxylic acids is 1. The summed E-state index contributed by atoms with van der Waals surface area (Å²) >= 11 is 5.20. The van der Waals surface area contributed by atoms with Crippen LogP contribution in [0.4, 0.5) is 0 Å². The number of rotatable bonds is 4. The Bertz CT molecular complexity index is 940. The molecule has 0 N–H and O–H groups in total. The Morgan fingerprint density at radius 2 is 1.91 bits per heavy atom. The van der Waals surface area contributed by atoms with Gasteiger partial charge in [0.15, 0.2) is 5.78 Å². The van der Waals surface area contributed by atoms with Gasteiger partial charge in [0.25, 0.3) is 0 Å². The minimum absolute atomic E-state index is 0.175. The van der Waals surface area contributed by atoms with Crippen molar-refractivity contribution in [2.24, 2.45) is 0 Å². The van der Waals surface area contributed by atoms with Crippen LogP contribution in [0.2, 0.25) is 0 Å². The summed E-state index contributed by atoms with van der Waals surface area (Å²) in [5.74, 6) is 0.499. The monoisotopic (exact) mass is 322 g/mol. The second kappa shape index (κ2) is 6.58. The Balaban J connectivity index is 1.96. The van der Waals surface area contributed by atoms with Crippen LogP contribution >= 0.6 is 12.2 Å². The molecule has 0 aliphatic heterocycles. The summed E-state index contributed by atoms with van der Waals surface area (Å²) in [6.45, 7) is 0. The summed E-state index contributed by atoms with van der Waals surface area (Å²) in [6, 6.07) is 16.8. The van der Waals surface area contributed by atoms with Gasteiger partial charge in [0.2, 0.25) is 4.71 Å². The predicted octanol–water partition coefficient (Wildman–Crippen LogP) is 5.07. The SMILES string of the molecule is COc1ccc2cc(C(=O)/C=C/c3ccccc3)c(=S)oc2c1. The van der Waals surface area contributed by atoms with Crippen LogP contribution in [0.15, 0.2) is 65.1 Å². The highest BCUT2D eigenvalue weighted by atomic mass is 32.1. The standard InChI is InChI=1S/C19H14O3S/c1-21-15-9-8-14-11-16(19(23)22-18(14)12-15)17(20)10-7-13-5-3-2-4-6-13/h2-12H,1H3/b10-7+. The van der Waals surface area contributed by atoms with Gasteiger partial charge in [0.05, 0.1) is 12.7 Å². The van der Waals surface area contributed by atoms with Gasteiger partial charge in [-0.05, 0) is 42.1 Å². The van der Waals surface area contributed by atoms with Crippen molar-refractivity contribution in [1.29, 1.82) is 0 Å². The molecule has 0 amide bonds. The topological polar surface area (TPSA) is 39.4 Å². The quantitative estimate of drug-likeness (QED) is 0.382. The highest BCUT2D eigenvalue weighted by Crippen LogP contribution is 2.23. The van der Waals surface area contributed by atoms with E-state index in [1.165, 1.54) is 6.08 Å². The van der Waals surface area contributed by atoms with Crippen molar-refractivity contribution in [3.8, 4) is 5.75 Å². The highest BCUT2D eigenvalue weighted by molar-refractivity contribution is 7.71. The van der Waals surface area contributed by atoms with E-state index in [0.717, 1.165) is 10.9 Å². The molecule has 0 atom stereocenters. The van der Waals surface area contributed by atoms with Crippen LogP contribution < -0.4 is 4.74 Å². The zero-order chi connectivity index (χ0) is 16.2. The van der Waals surface area contributed by atoms with Crippen LogP contribution in [0, 0.1) is 4.71 Å². The average molecular weight is 322 g/mol. The minimum Gasteiger partial charge on any atom is -0.497 e. The predicted molar refractivity (Wildman–Crippen MR) is 93.4 cm³/mol. The van der Waals surface area contributed by atoms with Gasteiger partial charge in [-0.25, -0.2) is 0 Å².